The molecule has 0 saturated carbocycles. The van der Waals surface area contributed by atoms with Gasteiger partial charge < -0.3 is 10.8 Å². The molecule has 0 unspecified atom stereocenters. The molecule has 1 aliphatic heterocycles. The van der Waals surface area contributed by atoms with Gasteiger partial charge in [-0.2, -0.15) is 4.52 Å². The SMILES string of the molecule is CCc1nc2sc([C@@H](c3ccc(C)cc3)N3CCC(C(N)=O)CC3)c(O)n2n1. The fraction of sp³-hybridized carbons (Fsp3) is 0.450. The second-order valence-electron chi connectivity index (χ2n) is 7.39. The van der Waals surface area contributed by atoms with Crippen LogP contribution in [0.15, 0.2) is 24.3 Å². The molecule has 1 aliphatic rings. The van der Waals surface area contributed by atoms with Crippen LogP contribution in [-0.4, -0.2) is 43.6 Å². The number of nitrogens with zero attached hydrogens (tertiary/aromatic N) is 4. The lowest BCUT2D eigenvalue weighted by Crippen LogP contribution is -2.40. The molecule has 3 heterocycles. The van der Waals surface area contributed by atoms with Gasteiger partial charge in [0.05, 0.1) is 10.9 Å². The van der Waals surface area contributed by atoms with Crippen molar-refractivity contribution in [3.8, 4) is 5.88 Å². The Morgan fingerprint density at radius 3 is 2.57 bits per heavy atom. The summed E-state index contributed by atoms with van der Waals surface area (Å²) >= 11 is 1.47. The van der Waals surface area contributed by atoms with Crippen LogP contribution in [0.1, 0.15) is 47.6 Å². The number of likely N-dealkylation sites (tertiary alicyclic amines) is 1. The van der Waals surface area contributed by atoms with Crippen molar-refractivity contribution in [2.45, 2.75) is 39.2 Å². The quantitative estimate of drug-likeness (QED) is 0.687. The molecule has 4 rings (SSSR count). The third-order valence-electron chi connectivity index (χ3n) is 5.50. The van der Waals surface area contributed by atoms with E-state index >= 15 is 0 Å². The van der Waals surface area contributed by atoms with Crippen molar-refractivity contribution in [2.75, 3.05) is 13.1 Å². The molecule has 3 N–H and O–H groups in total. The standard InChI is InChI=1S/C20H25N5O2S/c1-3-15-22-20-25(23-15)19(27)17(28-20)16(13-6-4-12(2)5-7-13)24-10-8-14(9-11-24)18(21)26/h4-7,14,16,27H,3,8-11H2,1-2H3,(H2,21,26)/t16-/m1/s1. The number of nitrogens with two attached hydrogens (primary N) is 1. The summed E-state index contributed by atoms with van der Waals surface area (Å²) in [5, 5.41) is 15.3. The number of amides is 1. The maximum atomic E-state index is 11.6. The molecule has 1 amide bonds. The number of rotatable bonds is 5. The molecule has 8 heteroatoms. The van der Waals surface area contributed by atoms with Crippen LogP contribution in [0.2, 0.25) is 0 Å². The van der Waals surface area contributed by atoms with E-state index in [1.165, 1.54) is 21.4 Å². The molecule has 0 aliphatic carbocycles. The third-order valence-corrected chi connectivity index (χ3v) is 6.57. The Morgan fingerprint density at radius 1 is 1.32 bits per heavy atom. The normalized spacial score (nSPS) is 17.2. The molecular formula is C20H25N5O2S. The van der Waals surface area contributed by atoms with Crippen molar-refractivity contribution in [3.63, 3.8) is 0 Å². The van der Waals surface area contributed by atoms with Gasteiger partial charge in [0.25, 0.3) is 0 Å². The van der Waals surface area contributed by atoms with E-state index < -0.39 is 0 Å². The van der Waals surface area contributed by atoms with E-state index in [0.717, 1.165) is 48.6 Å². The zero-order chi connectivity index (χ0) is 19.8. The van der Waals surface area contributed by atoms with Crippen molar-refractivity contribution in [1.82, 2.24) is 19.5 Å². The fourth-order valence-electron chi connectivity index (χ4n) is 3.84. The maximum Gasteiger partial charge on any atom is 0.230 e. The number of piperidine rings is 1. The van der Waals surface area contributed by atoms with E-state index in [2.05, 4.69) is 46.2 Å². The molecule has 28 heavy (non-hydrogen) atoms. The summed E-state index contributed by atoms with van der Waals surface area (Å²) in [7, 11) is 0. The Balaban J connectivity index is 1.73. The number of benzene rings is 1. The number of fused-ring (bicyclic) bond motifs is 1. The monoisotopic (exact) mass is 399 g/mol. The third kappa shape index (κ3) is 3.38. The molecule has 1 saturated heterocycles. The van der Waals surface area contributed by atoms with Crippen LogP contribution in [-0.2, 0) is 11.2 Å². The van der Waals surface area contributed by atoms with Crippen LogP contribution >= 0.6 is 11.3 Å². The smallest absolute Gasteiger partial charge is 0.230 e. The highest BCUT2D eigenvalue weighted by atomic mass is 32.1. The number of hydrogen-bond donors (Lipinski definition) is 2. The molecule has 0 radical (unpaired) electrons. The number of aromatic nitrogens is 3. The van der Waals surface area contributed by atoms with Crippen LogP contribution in [0.25, 0.3) is 4.96 Å². The van der Waals surface area contributed by atoms with Gasteiger partial charge >= 0.3 is 0 Å². The summed E-state index contributed by atoms with van der Waals surface area (Å²) in [5.41, 5.74) is 7.80. The highest BCUT2D eigenvalue weighted by molar-refractivity contribution is 7.17. The number of aromatic hydroxyl groups is 1. The van der Waals surface area contributed by atoms with Gasteiger partial charge in [-0.1, -0.05) is 48.1 Å². The highest BCUT2D eigenvalue weighted by Gasteiger charge is 2.33. The molecule has 1 aromatic carbocycles. The lowest BCUT2D eigenvalue weighted by molar-refractivity contribution is -0.123. The van der Waals surface area contributed by atoms with Crippen LogP contribution in [0.5, 0.6) is 5.88 Å². The van der Waals surface area contributed by atoms with Crippen LogP contribution in [0, 0.1) is 12.8 Å². The Morgan fingerprint density at radius 2 is 2.00 bits per heavy atom. The number of thiazole rings is 1. The van der Waals surface area contributed by atoms with Crippen LogP contribution in [0.3, 0.4) is 0 Å². The predicted octanol–water partition coefficient (Wildman–Crippen LogP) is 2.65. The van der Waals surface area contributed by atoms with E-state index in [4.69, 9.17) is 5.73 Å². The average molecular weight is 400 g/mol. The predicted molar refractivity (Wildman–Crippen MR) is 108 cm³/mol. The molecular weight excluding hydrogens is 374 g/mol. The maximum absolute atomic E-state index is 11.6. The van der Waals surface area contributed by atoms with E-state index in [9.17, 15) is 9.90 Å². The van der Waals surface area contributed by atoms with E-state index in [1.54, 1.807) is 0 Å². The molecule has 0 spiro atoms. The minimum absolute atomic E-state index is 0.0713. The summed E-state index contributed by atoms with van der Waals surface area (Å²) in [6.45, 7) is 5.55. The Labute approximate surface area is 167 Å². The molecule has 2 aromatic heterocycles. The van der Waals surface area contributed by atoms with Crippen molar-refractivity contribution < 1.29 is 9.90 Å². The minimum atomic E-state index is -0.222. The summed E-state index contributed by atoms with van der Waals surface area (Å²) in [6.07, 6.45) is 2.20. The van der Waals surface area contributed by atoms with E-state index in [1.807, 2.05) is 6.92 Å². The zero-order valence-electron chi connectivity index (χ0n) is 16.1. The van der Waals surface area contributed by atoms with Gasteiger partial charge in [-0.05, 0) is 38.4 Å². The molecule has 1 fully saturated rings. The van der Waals surface area contributed by atoms with Gasteiger partial charge in [-0.15, -0.1) is 5.10 Å². The summed E-state index contributed by atoms with van der Waals surface area (Å²) in [6, 6.07) is 8.27. The number of primary amides is 1. The fourth-order valence-corrected chi connectivity index (χ4v) is 4.97. The number of hydrogen-bond acceptors (Lipinski definition) is 6. The van der Waals surface area contributed by atoms with Crippen molar-refractivity contribution >= 4 is 22.2 Å². The Kier molecular flexibility index (Phi) is 5.07. The summed E-state index contributed by atoms with van der Waals surface area (Å²) in [4.78, 5) is 19.9. The molecule has 0 bridgehead atoms. The largest absolute Gasteiger partial charge is 0.492 e. The Hall–Kier alpha value is -2.45. The molecule has 148 valence electrons. The number of aryl methyl sites for hydroxylation is 2. The van der Waals surface area contributed by atoms with Crippen molar-refractivity contribution in [1.29, 1.82) is 0 Å². The van der Waals surface area contributed by atoms with Crippen LogP contribution in [0.4, 0.5) is 0 Å². The first-order valence-corrected chi connectivity index (χ1v) is 10.5. The van der Waals surface area contributed by atoms with Gasteiger partial charge in [0.1, 0.15) is 0 Å². The van der Waals surface area contributed by atoms with Gasteiger partial charge in [-0.3, -0.25) is 9.69 Å². The van der Waals surface area contributed by atoms with Crippen LogP contribution < -0.4 is 5.73 Å². The highest BCUT2D eigenvalue weighted by Crippen LogP contribution is 2.41. The first-order chi connectivity index (χ1) is 13.5. The minimum Gasteiger partial charge on any atom is -0.492 e. The van der Waals surface area contributed by atoms with Gasteiger partial charge in [0, 0.05) is 12.3 Å². The lowest BCUT2D eigenvalue weighted by Gasteiger charge is -2.36. The topological polar surface area (TPSA) is 96.8 Å². The first kappa shape index (κ1) is 18.9. The second-order valence-corrected chi connectivity index (χ2v) is 8.40. The van der Waals surface area contributed by atoms with Gasteiger partial charge in [0.2, 0.25) is 16.7 Å². The van der Waals surface area contributed by atoms with Gasteiger partial charge in [0.15, 0.2) is 5.82 Å². The van der Waals surface area contributed by atoms with Gasteiger partial charge in [-0.25, -0.2) is 4.98 Å². The number of carbonyl (C=O) groups is 1. The first-order valence-electron chi connectivity index (χ1n) is 9.65. The van der Waals surface area contributed by atoms with Crippen molar-refractivity contribution in [2.24, 2.45) is 11.7 Å². The Bertz CT molecular complexity index is 986. The molecule has 1 atom stereocenters. The molecule has 3 aromatic rings. The second kappa shape index (κ2) is 7.52. The van der Waals surface area contributed by atoms with E-state index in [0.29, 0.717) is 4.96 Å². The van der Waals surface area contributed by atoms with E-state index in [-0.39, 0.29) is 23.7 Å². The number of carbonyl (C=O) groups excluding carboxylic acids is 1. The zero-order valence-corrected chi connectivity index (χ0v) is 16.9. The summed E-state index contributed by atoms with van der Waals surface area (Å²) < 4.78 is 1.54. The molecule has 7 nitrogen and oxygen atoms in total. The average Bonchev–Trinajstić information content (AvgIpc) is 3.23. The lowest BCUT2D eigenvalue weighted by atomic mass is 9.93. The summed E-state index contributed by atoms with van der Waals surface area (Å²) in [5.74, 6) is 0.579. The van der Waals surface area contributed by atoms with Crippen molar-refractivity contribution in [3.05, 3.63) is 46.1 Å².